The number of ether oxygens (including phenoxy) is 1. The van der Waals surface area contributed by atoms with Gasteiger partial charge in [-0.3, -0.25) is 4.79 Å². The largest absolute Gasteiger partial charge is 0.379 e. The number of H-pyrrole nitrogens is 1. The second-order valence-electron chi connectivity index (χ2n) is 7.99. The highest BCUT2D eigenvalue weighted by Gasteiger charge is 2.38. The molecule has 7 nitrogen and oxygen atoms in total. The van der Waals surface area contributed by atoms with Crippen LogP contribution < -0.4 is 5.32 Å². The molecule has 1 fully saturated rings. The summed E-state index contributed by atoms with van der Waals surface area (Å²) < 4.78 is 34.3. The molecular formula is C21H21Cl2N3O4S2. The summed E-state index contributed by atoms with van der Waals surface area (Å²) in [6.07, 6.45) is 0.576. The van der Waals surface area contributed by atoms with Crippen molar-refractivity contribution < 1.29 is 17.9 Å². The first kappa shape index (κ1) is 22.2. The monoisotopic (exact) mass is 513 g/mol. The molecule has 0 spiro atoms. The van der Waals surface area contributed by atoms with Crippen LogP contribution in [0.25, 0.3) is 10.2 Å². The number of amides is 1. The standard InChI is InChI=1S/C21H21Cl2N3O4S2/c22-18-19-17(31-20(18)23)10-16(24-19)21(27)25-15-9-12-3-1-2-4-13(12)14(15)11-32(28,29)26-5-7-30-8-6-26/h1-4,10,14-15,24H,5-9,11H2,(H,25,27)/t14-,15+/m0/s1. The molecule has 0 radical (unpaired) electrons. The van der Waals surface area contributed by atoms with Gasteiger partial charge in [-0.2, -0.15) is 4.31 Å². The Hall–Kier alpha value is -1.62. The van der Waals surface area contributed by atoms with Crippen molar-refractivity contribution in [3.63, 3.8) is 0 Å². The van der Waals surface area contributed by atoms with Crippen LogP contribution in [0.2, 0.25) is 9.36 Å². The molecule has 2 atom stereocenters. The third-order valence-electron chi connectivity index (χ3n) is 6.07. The fourth-order valence-corrected chi connectivity index (χ4v) is 7.74. The maximum Gasteiger partial charge on any atom is 0.268 e. The van der Waals surface area contributed by atoms with Crippen molar-refractivity contribution >= 4 is 60.7 Å². The van der Waals surface area contributed by atoms with Gasteiger partial charge in [0.1, 0.15) is 10.0 Å². The van der Waals surface area contributed by atoms with Gasteiger partial charge in [0.2, 0.25) is 10.0 Å². The van der Waals surface area contributed by atoms with Gasteiger partial charge in [-0.05, 0) is 23.6 Å². The Balaban J connectivity index is 1.39. The number of hydrogen-bond acceptors (Lipinski definition) is 5. The fourth-order valence-electron chi connectivity index (χ4n) is 4.48. The molecule has 1 aliphatic heterocycles. The van der Waals surface area contributed by atoms with E-state index in [0.717, 1.165) is 15.8 Å². The molecule has 170 valence electrons. The number of rotatable bonds is 5. The quantitative estimate of drug-likeness (QED) is 0.544. The van der Waals surface area contributed by atoms with Crippen LogP contribution in [0, 0.1) is 0 Å². The predicted molar refractivity (Wildman–Crippen MR) is 127 cm³/mol. The number of thiophene rings is 1. The smallest absolute Gasteiger partial charge is 0.268 e. The van der Waals surface area contributed by atoms with Gasteiger partial charge in [0.25, 0.3) is 5.91 Å². The molecule has 5 rings (SSSR count). The summed E-state index contributed by atoms with van der Waals surface area (Å²) in [5, 5.41) is 3.45. The van der Waals surface area contributed by atoms with Crippen molar-refractivity contribution in [1.82, 2.24) is 14.6 Å². The topological polar surface area (TPSA) is 91.5 Å². The summed E-state index contributed by atoms with van der Waals surface area (Å²) in [5.74, 6) is -0.694. The zero-order chi connectivity index (χ0) is 22.5. The number of carbonyl (C=O) groups is 1. The maximum atomic E-state index is 13.1. The average molecular weight is 514 g/mol. The highest BCUT2D eigenvalue weighted by molar-refractivity contribution is 7.89. The minimum atomic E-state index is -3.50. The van der Waals surface area contributed by atoms with Gasteiger partial charge in [-0.15, -0.1) is 11.3 Å². The van der Waals surface area contributed by atoms with E-state index in [1.807, 2.05) is 24.3 Å². The van der Waals surface area contributed by atoms with Crippen LogP contribution in [0.1, 0.15) is 27.5 Å². The number of benzene rings is 1. The van der Waals surface area contributed by atoms with Crippen molar-refractivity contribution in [3.8, 4) is 0 Å². The summed E-state index contributed by atoms with van der Waals surface area (Å²) in [5.41, 5.74) is 3.03. The first-order valence-electron chi connectivity index (χ1n) is 10.2. The lowest BCUT2D eigenvalue weighted by atomic mass is 10.0. The van der Waals surface area contributed by atoms with Crippen molar-refractivity contribution in [3.05, 3.63) is 56.5 Å². The number of carbonyl (C=O) groups excluding carboxylic acids is 1. The van der Waals surface area contributed by atoms with Crippen LogP contribution in [-0.4, -0.2) is 61.7 Å². The summed E-state index contributed by atoms with van der Waals surface area (Å²) in [4.78, 5) is 16.1. The van der Waals surface area contributed by atoms with Gasteiger partial charge in [0, 0.05) is 25.0 Å². The van der Waals surface area contributed by atoms with E-state index in [-0.39, 0.29) is 23.6 Å². The number of aromatic amines is 1. The minimum Gasteiger partial charge on any atom is -0.379 e. The predicted octanol–water partition coefficient (Wildman–Crippen LogP) is 3.64. The Morgan fingerprint density at radius 1 is 1.25 bits per heavy atom. The van der Waals surface area contributed by atoms with Gasteiger partial charge < -0.3 is 15.0 Å². The summed E-state index contributed by atoms with van der Waals surface area (Å²) in [6.45, 7) is 1.51. The molecule has 1 saturated heterocycles. The Labute approximate surface area is 199 Å². The van der Waals surface area contributed by atoms with Gasteiger partial charge in [0.15, 0.2) is 0 Å². The number of nitrogens with one attached hydrogen (secondary N) is 2. The second kappa shape index (κ2) is 8.62. The average Bonchev–Trinajstić information content (AvgIpc) is 3.42. The van der Waals surface area contributed by atoms with Gasteiger partial charge in [-0.1, -0.05) is 47.5 Å². The van der Waals surface area contributed by atoms with E-state index in [0.29, 0.717) is 53.3 Å². The van der Waals surface area contributed by atoms with E-state index in [1.54, 1.807) is 6.07 Å². The molecule has 0 unspecified atom stereocenters. The van der Waals surface area contributed by atoms with E-state index < -0.39 is 10.0 Å². The molecule has 2 N–H and O–H groups in total. The Morgan fingerprint density at radius 3 is 2.75 bits per heavy atom. The molecule has 11 heteroatoms. The number of halogens is 2. The molecule has 0 bridgehead atoms. The lowest BCUT2D eigenvalue weighted by Crippen LogP contribution is -2.45. The third-order valence-corrected chi connectivity index (χ3v) is 9.93. The number of morpholine rings is 1. The molecule has 2 aliphatic rings. The van der Waals surface area contributed by atoms with E-state index in [4.69, 9.17) is 27.9 Å². The van der Waals surface area contributed by atoms with Crippen LogP contribution in [0.3, 0.4) is 0 Å². The zero-order valence-corrected chi connectivity index (χ0v) is 20.1. The van der Waals surface area contributed by atoms with Crippen molar-refractivity contribution in [1.29, 1.82) is 0 Å². The van der Waals surface area contributed by atoms with Crippen molar-refractivity contribution in [2.45, 2.75) is 18.4 Å². The van der Waals surface area contributed by atoms with Crippen LogP contribution in [0.5, 0.6) is 0 Å². The molecule has 3 aromatic rings. The molecule has 1 aliphatic carbocycles. The molecule has 2 aromatic heterocycles. The molecular weight excluding hydrogens is 493 g/mol. The van der Waals surface area contributed by atoms with Crippen LogP contribution in [-0.2, 0) is 21.2 Å². The van der Waals surface area contributed by atoms with E-state index in [1.165, 1.54) is 15.6 Å². The highest BCUT2D eigenvalue weighted by Crippen LogP contribution is 2.39. The summed E-state index contributed by atoms with van der Waals surface area (Å²) in [6, 6.07) is 9.16. The Kier molecular flexibility index (Phi) is 5.98. The Morgan fingerprint density at radius 2 is 2.00 bits per heavy atom. The SMILES string of the molecule is O=C(N[C@@H]1Cc2ccccc2[C@@H]1CS(=O)(=O)N1CCOCC1)c1cc2sc(Cl)c(Cl)c2[nH]1. The van der Waals surface area contributed by atoms with Crippen molar-refractivity contribution in [2.24, 2.45) is 0 Å². The number of fused-ring (bicyclic) bond motifs is 2. The minimum absolute atomic E-state index is 0.0593. The second-order valence-corrected chi connectivity index (χ2v) is 12.0. The zero-order valence-electron chi connectivity index (χ0n) is 16.9. The van der Waals surface area contributed by atoms with Crippen LogP contribution in [0.4, 0.5) is 0 Å². The first-order valence-corrected chi connectivity index (χ1v) is 13.4. The van der Waals surface area contributed by atoms with Crippen molar-refractivity contribution in [2.75, 3.05) is 32.1 Å². The normalized spacial score (nSPS) is 21.7. The molecule has 0 saturated carbocycles. The van der Waals surface area contributed by atoms with E-state index >= 15 is 0 Å². The van der Waals surface area contributed by atoms with Crippen LogP contribution in [0.15, 0.2) is 30.3 Å². The van der Waals surface area contributed by atoms with Gasteiger partial charge >= 0.3 is 0 Å². The first-order chi connectivity index (χ1) is 15.3. The lowest BCUT2D eigenvalue weighted by molar-refractivity contribution is 0.0729. The number of nitrogens with zero attached hydrogens (tertiary/aromatic N) is 1. The van der Waals surface area contributed by atoms with Gasteiger partial charge in [-0.25, -0.2) is 8.42 Å². The maximum absolute atomic E-state index is 13.1. The van der Waals surface area contributed by atoms with E-state index in [9.17, 15) is 13.2 Å². The lowest BCUT2D eigenvalue weighted by Gasteiger charge is -2.29. The van der Waals surface area contributed by atoms with E-state index in [2.05, 4.69) is 10.3 Å². The molecule has 3 heterocycles. The number of sulfonamides is 1. The Bertz CT molecular complexity index is 1280. The van der Waals surface area contributed by atoms with Gasteiger partial charge in [0.05, 0.1) is 34.2 Å². The summed E-state index contributed by atoms with van der Waals surface area (Å²) in [7, 11) is -3.50. The summed E-state index contributed by atoms with van der Waals surface area (Å²) >= 11 is 13.6. The molecule has 1 aromatic carbocycles. The van der Waals surface area contributed by atoms with Crippen LogP contribution >= 0.6 is 34.5 Å². The highest BCUT2D eigenvalue weighted by atomic mass is 35.5. The number of hydrogen-bond donors (Lipinski definition) is 2. The fraction of sp³-hybridized carbons (Fsp3) is 0.381. The molecule has 32 heavy (non-hydrogen) atoms. The number of aromatic nitrogens is 1. The third kappa shape index (κ3) is 4.06. The molecule has 1 amide bonds.